The molecule has 0 aliphatic heterocycles. The van der Waals surface area contributed by atoms with Crippen molar-refractivity contribution >= 4 is 5.97 Å². The zero-order chi connectivity index (χ0) is 11.5. The van der Waals surface area contributed by atoms with Gasteiger partial charge >= 0.3 is 5.97 Å². The summed E-state index contributed by atoms with van der Waals surface area (Å²) in [4.78, 5) is 10.7. The van der Waals surface area contributed by atoms with E-state index < -0.39 is 5.97 Å². The Kier molecular flexibility index (Phi) is 3.10. The number of aliphatic carboxylic acids is 1. The van der Waals surface area contributed by atoms with Crippen molar-refractivity contribution in [3.05, 3.63) is 29.8 Å². The molecule has 0 bridgehead atoms. The molecule has 1 aromatic carbocycles. The Balaban J connectivity index is 1.95. The quantitative estimate of drug-likeness (QED) is 0.784. The topological polar surface area (TPSA) is 72.5 Å². The molecule has 1 aliphatic carbocycles. The molecule has 3 N–H and O–H groups in total. The van der Waals surface area contributed by atoms with Gasteiger partial charge in [-0.3, -0.25) is 4.79 Å². The largest absolute Gasteiger partial charge is 0.492 e. The van der Waals surface area contributed by atoms with Gasteiger partial charge in [-0.25, -0.2) is 0 Å². The van der Waals surface area contributed by atoms with Crippen LogP contribution in [0.2, 0.25) is 0 Å². The highest BCUT2D eigenvalue weighted by Gasteiger charge is 2.43. The molecule has 16 heavy (non-hydrogen) atoms. The fourth-order valence-corrected chi connectivity index (χ4v) is 1.82. The Hall–Kier alpha value is -1.55. The molecular formula is C12H15NO3. The maximum atomic E-state index is 10.7. The number of carbonyl (C=O) groups is 1. The third-order valence-corrected chi connectivity index (χ3v) is 2.80. The van der Waals surface area contributed by atoms with Crippen LogP contribution in [0.4, 0.5) is 0 Å². The number of nitrogens with two attached hydrogens (primary N) is 1. The van der Waals surface area contributed by atoms with Gasteiger partial charge in [-0.1, -0.05) is 12.1 Å². The number of benzene rings is 1. The van der Waals surface area contributed by atoms with Gasteiger partial charge in [0.25, 0.3) is 0 Å². The van der Waals surface area contributed by atoms with E-state index in [9.17, 15) is 4.79 Å². The third-order valence-electron chi connectivity index (χ3n) is 2.80. The molecule has 0 aromatic heterocycles. The van der Waals surface area contributed by atoms with E-state index in [-0.39, 0.29) is 11.8 Å². The molecule has 2 unspecified atom stereocenters. The van der Waals surface area contributed by atoms with Gasteiger partial charge in [0.1, 0.15) is 12.4 Å². The number of hydrogen-bond acceptors (Lipinski definition) is 3. The first-order valence-electron chi connectivity index (χ1n) is 5.38. The van der Waals surface area contributed by atoms with E-state index in [0.29, 0.717) is 13.2 Å². The summed E-state index contributed by atoms with van der Waals surface area (Å²) in [5.41, 5.74) is 6.40. The average molecular weight is 221 g/mol. The van der Waals surface area contributed by atoms with E-state index in [4.69, 9.17) is 15.6 Å². The van der Waals surface area contributed by atoms with Gasteiger partial charge in [0, 0.05) is 6.54 Å². The first kappa shape index (κ1) is 11.0. The number of carboxylic acids is 1. The molecule has 0 amide bonds. The summed E-state index contributed by atoms with van der Waals surface area (Å²) in [7, 11) is 0. The molecule has 1 aliphatic rings. The summed E-state index contributed by atoms with van der Waals surface area (Å²) in [6, 6.07) is 7.59. The minimum atomic E-state index is -0.701. The Morgan fingerprint density at radius 3 is 2.62 bits per heavy atom. The Bertz CT molecular complexity index is 374. The highest BCUT2D eigenvalue weighted by atomic mass is 16.5. The highest BCUT2D eigenvalue weighted by molar-refractivity contribution is 5.75. The van der Waals surface area contributed by atoms with E-state index in [0.717, 1.165) is 17.7 Å². The molecule has 4 heteroatoms. The predicted molar refractivity (Wildman–Crippen MR) is 59.5 cm³/mol. The van der Waals surface area contributed by atoms with Crippen molar-refractivity contribution in [2.24, 2.45) is 11.7 Å². The first-order chi connectivity index (χ1) is 7.72. The van der Waals surface area contributed by atoms with Crippen molar-refractivity contribution in [3.63, 3.8) is 0 Å². The van der Waals surface area contributed by atoms with Crippen LogP contribution in [-0.2, 0) is 4.79 Å². The van der Waals surface area contributed by atoms with E-state index in [1.807, 2.05) is 24.3 Å². The van der Waals surface area contributed by atoms with Crippen LogP contribution in [0.25, 0.3) is 0 Å². The lowest BCUT2D eigenvalue weighted by Crippen LogP contribution is -2.10. The van der Waals surface area contributed by atoms with Gasteiger partial charge < -0.3 is 15.6 Å². The highest BCUT2D eigenvalue weighted by Crippen LogP contribution is 2.47. The molecule has 0 spiro atoms. The molecule has 0 saturated heterocycles. The van der Waals surface area contributed by atoms with Crippen LogP contribution in [0.3, 0.4) is 0 Å². The molecule has 4 nitrogen and oxygen atoms in total. The van der Waals surface area contributed by atoms with Gasteiger partial charge in [-0.2, -0.15) is 0 Å². The van der Waals surface area contributed by atoms with Gasteiger partial charge in [-0.05, 0) is 30.0 Å². The smallest absolute Gasteiger partial charge is 0.307 e. The average Bonchev–Trinajstić information content (AvgIpc) is 3.07. The molecular weight excluding hydrogens is 206 g/mol. The normalized spacial score (nSPS) is 22.8. The number of ether oxygens (including phenoxy) is 1. The second-order valence-corrected chi connectivity index (χ2v) is 3.99. The first-order valence-corrected chi connectivity index (χ1v) is 5.38. The fraction of sp³-hybridized carbons (Fsp3) is 0.417. The summed E-state index contributed by atoms with van der Waals surface area (Å²) in [5.74, 6) is 0.0621. The summed E-state index contributed by atoms with van der Waals surface area (Å²) in [6.45, 7) is 0.992. The Morgan fingerprint density at radius 2 is 2.12 bits per heavy atom. The van der Waals surface area contributed by atoms with Crippen molar-refractivity contribution in [3.8, 4) is 5.75 Å². The van der Waals surface area contributed by atoms with Crippen molar-refractivity contribution in [2.45, 2.75) is 12.3 Å². The maximum Gasteiger partial charge on any atom is 0.307 e. The summed E-state index contributed by atoms with van der Waals surface area (Å²) < 4.78 is 5.34. The SMILES string of the molecule is NCCOc1ccc(C2CC2C(=O)O)cc1. The zero-order valence-corrected chi connectivity index (χ0v) is 8.93. The number of rotatable bonds is 5. The summed E-state index contributed by atoms with van der Waals surface area (Å²) >= 11 is 0. The molecule has 2 rings (SSSR count). The zero-order valence-electron chi connectivity index (χ0n) is 8.93. The second kappa shape index (κ2) is 4.53. The lowest BCUT2D eigenvalue weighted by molar-refractivity contribution is -0.138. The van der Waals surface area contributed by atoms with Crippen LogP contribution in [0, 0.1) is 5.92 Å². The molecule has 0 radical (unpaired) electrons. The van der Waals surface area contributed by atoms with Crippen molar-refractivity contribution < 1.29 is 14.6 Å². The minimum Gasteiger partial charge on any atom is -0.492 e. The Morgan fingerprint density at radius 1 is 1.44 bits per heavy atom. The molecule has 2 atom stereocenters. The minimum absolute atomic E-state index is 0.182. The van der Waals surface area contributed by atoms with Crippen molar-refractivity contribution in [2.75, 3.05) is 13.2 Å². The van der Waals surface area contributed by atoms with Gasteiger partial charge in [0.15, 0.2) is 0 Å². The van der Waals surface area contributed by atoms with Crippen LogP contribution in [0.1, 0.15) is 17.9 Å². The Labute approximate surface area is 94.0 Å². The van der Waals surface area contributed by atoms with Gasteiger partial charge in [0.2, 0.25) is 0 Å². The van der Waals surface area contributed by atoms with Crippen molar-refractivity contribution in [1.82, 2.24) is 0 Å². The summed E-state index contributed by atoms with van der Waals surface area (Å²) in [6.07, 6.45) is 0.748. The molecule has 1 fully saturated rings. The van der Waals surface area contributed by atoms with Crippen molar-refractivity contribution in [1.29, 1.82) is 0 Å². The second-order valence-electron chi connectivity index (χ2n) is 3.99. The summed E-state index contributed by atoms with van der Waals surface area (Å²) in [5, 5.41) is 8.82. The van der Waals surface area contributed by atoms with Gasteiger partial charge in [-0.15, -0.1) is 0 Å². The molecule has 86 valence electrons. The standard InChI is InChI=1S/C12H15NO3/c13-5-6-16-9-3-1-8(2-4-9)10-7-11(10)12(14)15/h1-4,10-11H,5-7,13H2,(H,14,15). The molecule has 1 saturated carbocycles. The van der Waals surface area contributed by atoms with Crippen LogP contribution < -0.4 is 10.5 Å². The number of hydrogen-bond donors (Lipinski definition) is 2. The molecule has 1 aromatic rings. The predicted octanol–water partition coefficient (Wildman–Crippen LogP) is 1.21. The van der Waals surface area contributed by atoms with Crippen LogP contribution in [0.5, 0.6) is 5.75 Å². The lowest BCUT2D eigenvalue weighted by Gasteiger charge is -2.05. The van der Waals surface area contributed by atoms with Crippen LogP contribution in [0.15, 0.2) is 24.3 Å². The van der Waals surface area contributed by atoms with Crippen LogP contribution >= 0.6 is 0 Å². The van der Waals surface area contributed by atoms with E-state index in [1.54, 1.807) is 0 Å². The van der Waals surface area contributed by atoms with E-state index in [1.165, 1.54) is 0 Å². The number of carboxylic acid groups (broad SMARTS) is 1. The monoisotopic (exact) mass is 221 g/mol. The maximum absolute atomic E-state index is 10.7. The van der Waals surface area contributed by atoms with Crippen LogP contribution in [-0.4, -0.2) is 24.2 Å². The lowest BCUT2D eigenvalue weighted by atomic mass is 10.1. The van der Waals surface area contributed by atoms with E-state index in [2.05, 4.69) is 0 Å². The van der Waals surface area contributed by atoms with E-state index >= 15 is 0 Å². The van der Waals surface area contributed by atoms with Gasteiger partial charge in [0.05, 0.1) is 5.92 Å². The third kappa shape index (κ3) is 2.33. The molecule has 0 heterocycles. The fourth-order valence-electron chi connectivity index (χ4n) is 1.82.